The summed E-state index contributed by atoms with van der Waals surface area (Å²) in [5.74, 6) is 1.54. The monoisotopic (exact) mass is 391 g/mol. The number of halogens is 2. The first-order valence-electron chi connectivity index (χ1n) is 8.16. The highest BCUT2D eigenvalue weighted by Gasteiger charge is 2.17. The van der Waals surface area contributed by atoms with E-state index in [0.717, 1.165) is 12.0 Å². The van der Waals surface area contributed by atoms with Gasteiger partial charge in [-0.15, -0.1) is 0 Å². The number of aliphatic imine (C=N–C) groups is 2. The third-order valence-electron chi connectivity index (χ3n) is 3.63. The zero-order valence-corrected chi connectivity index (χ0v) is 15.5. The van der Waals surface area contributed by atoms with Crippen molar-refractivity contribution in [2.24, 2.45) is 15.7 Å². The summed E-state index contributed by atoms with van der Waals surface area (Å²) in [7, 11) is 0. The number of nitrogens with two attached hydrogens (primary N) is 1. The summed E-state index contributed by atoms with van der Waals surface area (Å²) in [5, 5.41) is 7.22. The minimum absolute atomic E-state index is 0.250. The van der Waals surface area contributed by atoms with Gasteiger partial charge in [-0.05, 0) is 23.8 Å². The van der Waals surface area contributed by atoms with E-state index in [2.05, 4.69) is 20.6 Å². The van der Waals surface area contributed by atoms with Gasteiger partial charge >= 0.3 is 0 Å². The molecule has 3 rings (SSSR count). The molecule has 1 heterocycles. The molecule has 0 saturated carbocycles. The average Bonchev–Trinajstić information content (AvgIpc) is 2.63. The molecule has 2 aromatic carbocycles. The van der Waals surface area contributed by atoms with Crippen molar-refractivity contribution in [1.29, 1.82) is 0 Å². The van der Waals surface area contributed by atoms with Crippen molar-refractivity contribution in [3.63, 3.8) is 0 Å². The SMILES string of the molecule is NC1=NC(c2ccccc2)NC(=NCCCOc2ccc(Cl)cc2Cl)N1. The fourth-order valence-corrected chi connectivity index (χ4v) is 2.86. The molecule has 0 amide bonds. The zero-order valence-electron chi connectivity index (χ0n) is 14.0. The molecule has 1 atom stereocenters. The normalized spacial score (nSPS) is 18.0. The number of ether oxygens (including phenoxy) is 1. The lowest BCUT2D eigenvalue weighted by Crippen LogP contribution is -2.50. The van der Waals surface area contributed by atoms with Crippen LogP contribution in [0.2, 0.25) is 10.0 Å². The molecule has 136 valence electrons. The van der Waals surface area contributed by atoms with Crippen LogP contribution in [0.4, 0.5) is 0 Å². The van der Waals surface area contributed by atoms with Crippen molar-refractivity contribution in [3.8, 4) is 5.75 Å². The van der Waals surface area contributed by atoms with Crippen molar-refractivity contribution in [2.45, 2.75) is 12.6 Å². The van der Waals surface area contributed by atoms with Crippen molar-refractivity contribution in [3.05, 3.63) is 64.1 Å². The van der Waals surface area contributed by atoms with Gasteiger partial charge in [-0.1, -0.05) is 53.5 Å². The van der Waals surface area contributed by atoms with Gasteiger partial charge < -0.3 is 15.8 Å². The van der Waals surface area contributed by atoms with E-state index in [-0.39, 0.29) is 6.17 Å². The number of benzene rings is 2. The molecule has 0 aromatic heterocycles. The van der Waals surface area contributed by atoms with E-state index >= 15 is 0 Å². The van der Waals surface area contributed by atoms with Crippen LogP contribution in [0, 0.1) is 0 Å². The molecular formula is C18H19Cl2N5O. The Labute approximate surface area is 162 Å². The largest absolute Gasteiger partial charge is 0.492 e. The fourth-order valence-electron chi connectivity index (χ4n) is 2.40. The van der Waals surface area contributed by atoms with Gasteiger partial charge in [0.25, 0.3) is 0 Å². The van der Waals surface area contributed by atoms with Crippen LogP contribution in [0.3, 0.4) is 0 Å². The first-order valence-corrected chi connectivity index (χ1v) is 8.91. The maximum Gasteiger partial charge on any atom is 0.200 e. The van der Waals surface area contributed by atoms with Crippen molar-refractivity contribution in [2.75, 3.05) is 13.2 Å². The molecule has 0 bridgehead atoms. The summed E-state index contributed by atoms with van der Waals surface area (Å²) in [4.78, 5) is 8.82. The van der Waals surface area contributed by atoms with Gasteiger partial charge in [-0.3, -0.25) is 10.3 Å². The molecule has 0 radical (unpaired) electrons. The van der Waals surface area contributed by atoms with Crippen molar-refractivity contribution >= 4 is 35.1 Å². The van der Waals surface area contributed by atoms with Gasteiger partial charge in [0.1, 0.15) is 5.75 Å². The number of rotatable bonds is 6. The Bertz CT molecular complexity index is 810. The third-order valence-corrected chi connectivity index (χ3v) is 4.16. The van der Waals surface area contributed by atoms with Gasteiger partial charge in [-0.2, -0.15) is 0 Å². The Morgan fingerprint density at radius 1 is 1.15 bits per heavy atom. The number of hydrogen-bond donors (Lipinski definition) is 3. The molecule has 0 fully saturated rings. The highest BCUT2D eigenvalue weighted by atomic mass is 35.5. The van der Waals surface area contributed by atoms with Crippen molar-refractivity contribution < 1.29 is 4.74 Å². The number of guanidine groups is 2. The summed E-state index contributed by atoms with van der Waals surface area (Å²) in [6.07, 6.45) is 0.471. The van der Waals surface area contributed by atoms with Gasteiger partial charge in [0.2, 0.25) is 0 Å². The highest BCUT2D eigenvalue weighted by molar-refractivity contribution is 6.35. The molecular weight excluding hydrogens is 373 g/mol. The van der Waals surface area contributed by atoms with Gasteiger partial charge in [0.15, 0.2) is 18.1 Å². The fraction of sp³-hybridized carbons (Fsp3) is 0.222. The summed E-state index contributed by atoms with van der Waals surface area (Å²) in [6.45, 7) is 1.05. The second-order valence-corrected chi connectivity index (χ2v) is 6.45. The molecule has 0 aliphatic carbocycles. The van der Waals surface area contributed by atoms with Gasteiger partial charge in [0, 0.05) is 18.0 Å². The molecule has 0 saturated heterocycles. The minimum atomic E-state index is -0.250. The Hall–Kier alpha value is -2.44. The summed E-state index contributed by atoms with van der Waals surface area (Å²) in [5.41, 5.74) is 6.87. The smallest absolute Gasteiger partial charge is 0.200 e. The van der Waals surface area contributed by atoms with Gasteiger partial charge in [0.05, 0.1) is 11.6 Å². The van der Waals surface area contributed by atoms with Crippen LogP contribution >= 0.6 is 23.2 Å². The van der Waals surface area contributed by atoms with Crippen LogP contribution in [-0.2, 0) is 0 Å². The molecule has 26 heavy (non-hydrogen) atoms. The Balaban J connectivity index is 1.50. The average molecular weight is 392 g/mol. The zero-order chi connectivity index (χ0) is 18.4. The minimum Gasteiger partial charge on any atom is -0.492 e. The molecule has 2 aromatic rings. The molecule has 6 nitrogen and oxygen atoms in total. The second-order valence-electron chi connectivity index (χ2n) is 5.60. The predicted octanol–water partition coefficient (Wildman–Crippen LogP) is 3.32. The Kier molecular flexibility index (Phi) is 6.20. The van der Waals surface area contributed by atoms with Crippen LogP contribution in [0.5, 0.6) is 5.75 Å². The second kappa shape index (κ2) is 8.78. The standard InChI is InChI=1S/C18H19Cl2N5O/c19-13-7-8-15(14(20)11-13)26-10-4-9-22-18-24-16(23-17(21)25-18)12-5-2-1-3-6-12/h1-3,5-8,11,16H,4,9-10H2,(H4,21,22,23,24,25). The maximum atomic E-state index is 6.07. The molecule has 4 N–H and O–H groups in total. The van der Waals surface area contributed by atoms with Crippen LogP contribution in [0.15, 0.2) is 58.5 Å². The molecule has 1 unspecified atom stereocenters. The topological polar surface area (TPSA) is 84.0 Å². The quantitative estimate of drug-likeness (QED) is 0.659. The van der Waals surface area contributed by atoms with E-state index in [0.29, 0.717) is 40.9 Å². The van der Waals surface area contributed by atoms with E-state index < -0.39 is 0 Å². The Morgan fingerprint density at radius 3 is 2.73 bits per heavy atom. The van der Waals surface area contributed by atoms with E-state index in [1.165, 1.54) is 0 Å². The van der Waals surface area contributed by atoms with Crippen LogP contribution in [-0.4, -0.2) is 25.1 Å². The third kappa shape index (κ3) is 5.03. The Morgan fingerprint density at radius 2 is 1.96 bits per heavy atom. The summed E-state index contributed by atoms with van der Waals surface area (Å²) < 4.78 is 5.64. The molecule has 0 spiro atoms. The lowest BCUT2D eigenvalue weighted by molar-refractivity contribution is 0.313. The predicted molar refractivity (Wildman–Crippen MR) is 106 cm³/mol. The van der Waals surface area contributed by atoms with E-state index in [4.69, 9.17) is 33.7 Å². The van der Waals surface area contributed by atoms with Gasteiger partial charge in [-0.25, -0.2) is 4.99 Å². The van der Waals surface area contributed by atoms with E-state index in [9.17, 15) is 0 Å². The number of nitrogens with zero attached hydrogens (tertiary/aromatic N) is 2. The molecule has 1 aliphatic rings. The summed E-state index contributed by atoms with van der Waals surface area (Å²) >= 11 is 11.9. The lowest BCUT2D eigenvalue weighted by Gasteiger charge is -2.24. The highest BCUT2D eigenvalue weighted by Crippen LogP contribution is 2.27. The number of nitrogens with one attached hydrogen (secondary N) is 2. The van der Waals surface area contributed by atoms with E-state index in [1.807, 2.05) is 30.3 Å². The van der Waals surface area contributed by atoms with Crippen LogP contribution in [0.1, 0.15) is 18.2 Å². The summed E-state index contributed by atoms with van der Waals surface area (Å²) in [6, 6.07) is 15.0. The first-order chi connectivity index (χ1) is 12.6. The van der Waals surface area contributed by atoms with Crippen LogP contribution in [0.25, 0.3) is 0 Å². The lowest BCUT2D eigenvalue weighted by atomic mass is 10.2. The van der Waals surface area contributed by atoms with Crippen LogP contribution < -0.4 is 21.1 Å². The maximum absolute atomic E-state index is 6.07. The van der Waals surface area contributed by atoms with E-state index in [1.54, 1.807) is 18.2 Å². The molecule has 8 heteroatoms. The first kappa shape index (κ1) is 18.4. The number of hydrogen-bond acceptors (Lipinski definition) is 4. The van der Waals surface area contributed by atoms with Crippen molar-refractivity contribution in [1.82, 2.24) is 10.6 Å². The molecule has 1 aliphatic heterocycles.